The van der Waals surface area contributed by atoms with Crippen molar-refractivity contribution in [1.82, 2.24) is 5.32 Å². The SMILES string of the molecule is O=C(/C=C\c1ccco1)N[C@@H](Cc1ccccc1)C(=O)O. The summed E-state index contributed by atoms with van der Waals surface area (Å²) in [4.78, 5) is 23.0. The van der Waals surface area contributed by atoms with Gasteiger partial charge in [-0.05, 0) is 23.8 Å². The van der Waals surface area contributed by atoms with Crippen LogP contribution < -0.4 is 5.32 Å². The van der Waals surface area contributed by atoms with E-state index < -0.39 is 17.9 Å². The first-order valence-electron chi connectivity index (χ1n) is 6.44. The lowest BCUT2D eigenvalue weighted by molar-refractivity contribution is -0.141. The van der Waals surface area contributed by atoms with Gasteiger partial charge in [-0.1, -0.05) is 30.3 Å². The second kappa shape index (κ2) is 7.09. The van der Waals surface area contributed by atoms with Crippen LogP contribution in [0.3, 0.4) is 0 Å². The van der Waals surface area contributed by atoms with E-state index >= 15 is 0 Å². The Morgan fingerprint density at radius 3 is 2.57 bits per heavy atom. The minimum atomic E-state index is -1.07. The molecule has 5 nitrogen and oxygen atoms in total. The van der Waals surface area contributed by atoms with Gasteiger partial charge in [-0.3, -0.25) is 4.79 Å². The predicted molar refractivity (Wildman–Crippen MR) is 77.5 cm³/mol. The molecule has 1 aromatic heterocycles. The highest BCUT2D eigenvalue weighted by atomic mass is 16.4. The average molecular weight is 285 g/mol. The van der Waals surface area contributed by atoms with Crippen LogP contribution in [0.5, 0.6) is 0 Å². The quantitative estimate of drug-likeness (QED) is 0.797. The van der Waals surface area contributed by atoms with Crippen LogP contribution in [0.15, 0.2) is 59.2 Å². The molecule has 0 saturated heterocycles. The number of hydrogen-bond acceptors (Lipinski definition) is 3. The van der Waals surface area contributed by atoms with Gasteiger partial charge in [0.25, 0.3) is 0 Å². The maximum atomic E-state index is 11.7. The molecule has 0 radical (unpaired) electrons. The maximum absolute atomic E-state index is 11.7. The number of furan rings is 1. The molecule has 0 aliphatic rings. The molecule has 1 heterocycles. The summed E-state index contributed by atoms with van der Waals surface area (Å²) < 4.78 is 5.05. The standard InChI is InChI=1S/C16H15NO4/c18-15(9-8-13-7-4-10-21-13)17-14(16(19)20)11-12-5-2-1-3-6-12/h1-10,14H,11H2,(H,17,18)(H,19,20)/b9-8-/t14-/m0/s1. The van der Waals surface area contributed by atoms with Crippen molar-refractivity contribution in [2.24, 2.45) is 0 Å². The lowest BCUT2D eigenvalue weighted by atomic mass is 10.1. The summed E-state index contributed by atoms with van der Waals surface area (Å²) in [5.41, 5.74) is 0.847. The van der Waals surface area contributed by atoms with Gasteiger partial charge in [0.2, 0.25) is 5.91 Å². The van der Waals surface area contributed by atoms with Crippen LogP contribution in [0.2, 0.25) is 0 Å². The lowest BCUT2D eigenvalue weighted by Gasteiger charge is -2.13. The fourth-order valence-corrected chi connectivity index (χ4v) is 1.81. The molecule has 0 aliphatic carbocycles. The molecular formula is C16H15NO4. The molecule has 2 N–H and O–H groups in total. The third-order valence-electron chi connectivity index (χ3n) is 2.84. The fraction of sp³-hybridized carbons (Fsp3) is 0.125. The van der Waals surface area contributed by atoms with Gasteiger partial charge in [-0.2, -0.15) is 0 Å². The van der Waals surface area contributed by atoms with E-state index in [1.165, 1.54) is 18.4 Å². The van der Waals surface area contributed by atoms with Crippen molar-refractivity contribution in [2.75, 3.05) is 0 Å². The topological polar surface area (TPSA) is 79.5 Å². The van der Waals surface area contributed by atoms with Crippen LogP contribution in [-0.4, -0.2) is 23.0 Å². The highest BCUT2D eigenvalue weighted by Gasteiger charge is 2.19. The third kappa shape index (κ3) is 4.65. The summed E-state index contributed by atoms with van der Waals surface area (Å²) in [6.07, 6.45) is 4.46. The Labute approximate surface area is 121 Å². The van der Waals surface area contributed by atoms with Gasteiger partial charge in [-0.15, -0.1) is 0 Å². The number of carbonyl (C=O) groups is 2. The Balaban J connectivity index is 1.96. The summed E-state index contributed by atoms with van der Waals surface area (Å²) in [5.74, 6) is -1.02. The normalized spacial score (nSPS) is 12.2. The summed E-state index contributed by atoms with van der Waals surface area (Å²) in [6.45, 7) is 0. The van der Waals surface area contributed by atoms with Crippen molar-refractivity contribution >= 4 is 18.0 Å². The Kier molecular flexibility index (Phi) is 4.93. The summed E-state index contributed by atoms with van der Waals surface area (Å²) in [7, 11) is 0. The Morgan fingerprint density at radius 2 is 1.95 bits per heavy atom. The van der Waals surface area contributed by atoms with Crippen LogP contribution in [0.4, 0.5) is 0 Å². The van der Waals surface area contributed by atoms with E-state index in [0.29, 0.717) is 5.76 Å². The van der Waals surface area contributed by atoms with Crippen molar-refractivity contribution in [2.45, 2.75) is 12.5 Å². The number of amides is 1. The van der Waals surface area contributed by atoms with Crippen molar-refractivity contribution in [1.29, 1.82) is 0 Å². The van der Waals surface area contributed by atoms with Gasteiger partial charge in [0.05, 0.1) is 6.26 Å². The molecule has 1 amide bonds. The highest BCUT2D eigenvalue weighted by molar-refractivity contribution is 5.94. The molecular weight excluding hydrogens is 270 g/mol. The molecule has 1 aromatic carbocycles. The third-order valence-corrected chi connectivity index (χ3v) is 2.84. The molecule has 0 aliphatic heterocycles. The number of rotatable bonds is 6. The Morgan fingerprint density at radius 1 is 1.19 bits per heavy atom. The van der Waals surface area contributed by atoms with E-state index in [0.717, 1.165) is 5.56 Å². The van der Waals surface area contributed by atoms with E-state index in [4.69, 9.17) is 4.42 Å². The van der Waals surface area contributed by atoms with Crippen molar-refractivity contribution < 1.29 is 19.1 Å². The molecule has 0 spiro atoms. The number of carbonyl (C=O) groups excluding carboxylic acids is 1. The fourth-order valence-electron chi connectivity index (χ4n) is 1.81. The number of nitrogens with one attached hydrogen (secondary N) is 1. The molecule has 21 heavy (non-hydrogen) atoms. The number of benzene rings is 1. The van der Waals surface area contributed by atoms with Crippen LogP contribution in [0, 0.1) is 0 Å². The molecule has 1 atom stereocenters. The van der Waals surface area contributed by atoms with Crippen LogP contribution in [-0.2, 0) is 16.0 Å². The van der Waals surface area contributed by atoms with Crippen LogP contribution >= 0.6 is 0 Å². The lowest BCUT2D eigenvalue weighted by Crippen LogP contribution is -2.41. The first kappa shape index (κ1) is 14.6. The minimum absolute atomic E-state index is 0.233. The van der Waals surface area contributed by atoms with E-state index in [1.807, 2.05) is 30.3 Å². The number of carboxylic acids is 1. The van der Waals surface area contributed by atoms with E-state index in [-0.39, 0.29) is 6.42 Å². The van der Waals surface area contributed by atoms with Gasteiger partial charge in [0.15, 0.2) is 0 Å². The number of hydrogen-bond donors (Lipinski definition) is 2. The van der Waals surface area contributed by atoms with Gasteiger partial charge in [0, 0.05) is 12.5 Å². The monoisotopic (exact) mass is 285 g/mol. The highest BCUT2D eigenvalue weighted by Crippen LogP contribution is 2.05. The van der Waals surface area contributed by atoms with Crippen LogP contribution in [0.1, 0.15) is 11.3 Å². The molecule has 0 saturated carbocycles. The molecule has 0 unspecified atom stereocenters. The number of aliphatic carboxylic acids is 1. The second-order valence-electron chi connectivity index (χ2n) is 4.44. The maximum Gasteiger partial charge on any atom is 0.326 e. The zero-order valence-electron chi connectivity index (χ0n) is 11.2. The molecule has 0 fully saturated rings. The van der Waals surface area contributed by atoms with E-state index in [2.05, 4.69) is 5.32 Å². The molecule has 0 bridgehead atoms. The minimum Gasteiger partial charge on any atom is -0.480 e. The first-order valence-corrected chi connectivity index (χ1v) is 6.44. The zero-order chi connectivity index (χ0) is 15.1. The van der Waals surface area contributed by atoms with Crippen molar-refractivity contribution in [3.05, 3.63) is 66.1 Å². The summed E-state index contributed by atoms with van der Waals surface area (Å²) in [6, 6.07) is 11.6. The van der Waals surface area contributed by atoms with Crippen molar-refractivity contribution in [3.63, 3.8) is 0 Å². The second-order valence-corrected chi connectivity index (χ2v) is 4.44. The van der Waals surface area contributed by atoms with Crippen molar-refractivity contribution in [3.8, 4) is 0 Å². The number of carboxylic acid groups (broad SMARTS) is 1. The molecule has 2 rings (SSSR count). The zero-order valence-corrected chi connectivity index (χ0v) is 11.2. The van der Waals surface area contributed by atoms with Gasteiger partial charge in [-0.25, -0.2) is 4.79 Å². The van der Waals surface area contributed by atoms with Gasteiger partial charge < -0.3 is 14.8 Å². The van der Waals surface area contributed by atoms with E-state index in [9.17, 15) is 14.7 Å². The summed E-state index contributed by atoms with van der Waals surface area (Å²) >= 11 is 0. The average Bonchev–Trinajstić information content (AvgIpc) is 2.99. The van der Waals surface area contributed by atoms with Gasteiger partial charge >= 0.3 is 5.97 Å². The largest absolute Gasteiger partial charge is 0.480 e. The molecule has 5 heteroatoms. The van der Waals surface area contributed by atoms with Gasteiger partial charge in [0.1, 0.15) is 11.8 Å². The summed E-state index contributed by atoms with van der Waals surface area (Å²) in [5, 5.41) is 11.6. The predicted octanol–water partition coefficient (Wildman–Crippen LogP) is 2.10. The van der Waals surface area contributed by atoms with E-state index in [1.54, 1.807) is 12.1 Å². The Hall–Kier alpha value is -2.82. The first-order chi connectivity index (χ1) is 10.1. The molecule has 2 aromatic rings. The Bertz CT molecular complexity index is 617. The molecule has 108 valence electrons. The van der Waals surface area contributed by atoms with Crippen LogP contribution in [0.25, 0.3) is 6.08 Å². The smallest absolute Gasteiger partial charge is 0.326 e.